The Balaban J connectivity index is 0. The standard InChI is InChI=1S/C15H24O6.C11H16O4/c1-6-14(16)20-9-12(4)18-8-11(3)19-10-13(5)21-15(17)7-2;1-5-9(12)14-7-11(3,4)8-15-10(13)6-2/h6-7,11-13H,1-2,8-10H2,3-5H3;5-6H,1-2,7-8H2,3-4H3. The van der Waals surface area contributed by atoms with E-state index in [1.165, 1.54) is 0 Å². The number of carbonyl (C=O) groups excluding carboxylic acids is 4. The number of carbonyl (C=O) groups is 4. The second-order valence-electron chi connectivity index (χ2n) is 8.36. The lowest BCUT2D eigenvalue weighted by atomic mass is 9.96. The van der Waals surface area contributed by atoms with Gasteiger partial charge in [-0.2, -0.15) is 0 Å². The van der Waals surface area contributed by atoms with Crippen molar-refractivity contribution in [2.75, 3.05) is 33.0 Å². The highest BCUT2D eigenvalue weighted by atomic mass is 16.6. The first kappa shape index (κ1) is 34.9. The lowest BCUT2D eigenvalue weighted by Gasteiger charge is -2.22. The van der Waals surface area contributed by atoms with Crippen LogP contribution in [0.1, 0.15) is 34.6 Å². The summed E-state index contributed by atoms with van der Waals surface area (Å²) in [6.45, 7) is 23.3. The zero-order valence-electron chi connectivity index (χ0n) is 22.0. The van der Waals surface area contributed by atoms with Crippen molar-refractivity contribution in [3.8, 4) is 0 Å². The van der Waals surface area contributed by atoms with Gasteiger partial charge in [-0.05, 0) is 20.8 Å². The van der Waals surface area contributed by atoms with E-state index < -0.39 is 29.3 Å². The molecule has 0 aliphatic rings. The summed E-state index contributed by atoms with van der Waals surface area (Å²) in [6, 6.07) is 0. The zero-order valence-corrected chi connectivity index (χ0v) is 22.0. The number of hydrogen-bond donors (Lipinski definition) is 0. The van der Waals surface area contributed by atoms with Gasteiger partial charge in [0, 0.05) is 29.7 Å². The van der Waals surface area contributed by atoms with Crippen molar-refractivity contribution in [3.05, 3.63) is 50.6 Å². The molecule has 0 radical (unpaired) electrons. The lowest BCUT2D eigenvalue weighted by Crippen LogP contribution is -2.27. The molecule has 0 aromatic heterocycles. The van der Waals surface area contributed by atoms with Gasteiger partial charge in [-0.3, -0.25) is 0 Å². The van der Waals surface area contributed by atoms with Crippen LogP contribution in [0.15, 0.2) is 50.6 Å². The first-order valence-corrected chi connectivity index (χ1v) is 11.2. The Morgan fingerprint density at radius 3 is 1.39 bits per heavy atom. The maximum atomic E-state index is 11.0. The monoisotopic (exact) mass is 512 g/mol. The molecule has 0 aromatic rings. The summed E-state index contributed by atoms with van der Waals surface area (Å²) in [4.78, 5) is 43.4. The predicted octanol–water partition coefficient (Wildman–Crippen LogP) is 3.11. The first-order chi connectivity index (χ1) is 16.8. The van der Waals surface area contributed by atoms with E-state index in [1.807, 2.05) is 20.8 Å². The van der Waals surface area contributed by atoms with Crippen molar-refractivity contribution >= 4 is 23.9 Å². The summed E-state index contributed by atoms with van der Waals surface area (Å²) in [6.07, 6.45) is 3.62. The second kappa shape index (κ2) is 20.0. The van der Waals surface area contributed by atoms with E-state index in [0.717, 1.165) is 24.3 Å². The quantitative estimate of drug-likeness (QED) is 0.163. The third kappa shape index (κ3) is 21.3. The SMILES string of the molecule is C=CC(=O)OCC(C)(C)COC(=O)C=C.C=CC(=O)OCC(C)OCC(C)OCC(C)OC(=O)C=C. The molecule has 3 unspecified atom stereocenters. The van der Waals surface area contributed by atoms with Crippen molar-refractivity contribution in [2.45, 2.75) is 52.9 Å². The molecule has 10 nitrogen and oxygen atoms in total. The van der Waals surface area contributed by atoms with Crippen molar-refractivity contribution in [2.24, 2.45) is 5.41 Å². The number of esters is 4. The molecule has 0 amide bonds. The van der Waals surface area contributed by atoms with E-state index in [2.05, 4.69) is 26.3 Å². The van der Waals surface area contributed by atoms with Crippen molar-refractivity contribution in [1.82, 2.24) is 0 Å². The maximum absolute atomic E-state index is 11.0. The molecule has 0 rings (SSSR count). The number of rotatable bonds is 17. The molecular weight excluding hydrogens is 472 g/mol. The van der Waals surface area contributed by atoms with Crippen LogP contribution in [-0.4, -0.2) is 75.2 Å². The topological polar surface area (TPSA) is 124 Å². The molecular formula is C26H40O10. The average molecular weight is 513 g/mol. The Labute approximate surface area is 213 Å². The normalized spacial score (nSPS) is 12.8. The van der Waals surface area contributed by atoms with E-state index in [9.17, 15) is 19.2 Å². The Kier molecular flexibility index (Phi) is 19.4. The molecule has 0 saturated heterocycles. The fourth-order valence-corrected chi connectivity index (χ4v) is 1.93. The molecule has 0 spiro atoms. The maximum Gasteiger partial charge on any atom is 0.330 e. The average Bonchev–Trinajstić information content (AvgIpc) is 2.86. The molecule has 0 bridgehead atoms. The highest BCUT2D eigenvalue weighted by Crippen LogP contribution is 2.16. The highest BCUT2D eigenvalue weighted by molar-refractivity contribution is 5.82. The van der Waals surface area contributed by atoms with Crippen LogP contribution in [0.5, 0.6) is 0 Å². The van der Waals surface area contributed by atoms with Gasteiger partial charge in [-0.25, -0.2) is 19.2 Å². The molecule has 3 atom stereocenters. The van der Waals surface area contributed by atoms with Gasteiger partial charge in [0.05, 0.1) is 38.6 Å². The minimum atomic E-state index is -0.488. The van der Waals surface area contributed by atoms with Gasteiger partial charge in [0.1, 0.15) is 12.7 Å². The summed E-state index contributed by atoms with van der Waals surface area (Å²) < 4.78 is 30.5. The van der Waals surface area contributed by atoms with Crippen molar-refractivity contribution < 1.29 is 47.6 Å². The minimum Gasteiger partial charge on any atom is -0.462 e. The van der Waals surface area contributed by atoms with E-state index in [4.69, 9.17) is 28.4 Å². The van der Waals surface area contributed by atoms with Gasteiger partial charge < -0.3 is 28.4 Å². The molecule has 10 heteroatoms. The van der Waals surface area contributed by atoms with E-state index in [-0.39, 0.29) is 44.7 Å². The minimum absolute atomic E-state index is 0.158. The van der Waals surface area contributed by atoms with Gasteiger partial charge in [0.15, 0.2) is 0 Å². The third-order valence-electron chi connectivity index (χ3n) is 3.89. The van der Waals surface area contributed by atoms with Crippen LogP contribution >= 0.6 is 0 Å². The van der Waals surface area contributed by atoms with Crippen LogP contribution in [0.3, 0.4) is 0 Å². The van der Waals surface area contributed by atoms with Crippen molar-refractivity contribution in [1.29, 1.82) is 0 Å². The predicted molar refractivity (Wildman–Crippen MR) is 134 cm³/mol. The molecule has 0 aliphatic carbocycles. The number of ether oxygens (including phenoxy) is 6. The van der Waals surface area contributed by atoms with Crippen LogP contribution in [-0.2, 0) is 47.6 Å². The van der Waals surface area contributed by atoms with Gasteiger partial charge in [-0.1, -0.05) is 40.2 Å². The number of hydrogen-bond acceptors (Lipinski definition) is 10. The fraction of sp³-hybridized carbons (Fsp3) is 0.538. The van der Waals surface area contributed by atoms with Gasteiger partial charge >= 0.3 is 23.9 Å². The molecule has 36 heavy (non-hydrogen) atoms. The highest BCUT2D eigenvalue weighted by Gasteiger charge is 2.21. The van der Waals surface area contributed by atoms with Crippen LogP contribution in [0.25, 0.3) is 0 Å². The molecule has 0 aliphatic heterocycles. The summed E-state index contributed by atoms with van der Waals surface area (Å²) in [5.74, 6) is -1.93. The van der Waals surface area contributed by atoms with E-state index in [0.29, 0.717) is 6.61 Å². The first-order valence-electron chi connectivity index (χ1n) is 11.2. The van der Waals surface area contributed by atoms with Crippen LogP contribution in [0, 0.1) is 5.41 Å². The molecule has 0 saturated carbocycles. The van der Waals surface area contributed by atoms with Crippen LogP contribution in [0.2, 0.25) is 0 Å². The summed E-state index contributed by atoms with van der Waals surface area (Å²) in [5.41, 5.74) is -0.419. The summed E-state index contributed by atoms with van der Waals surface area (Å²) >= 11 is 0. The molecule has 0 aromatic carbocycles. The summed E-state index contributed by atoms with van der Waals surface area (Å²) in [5, 5.41) is 0. The van der Waals surface area contributed by atoms with Gasteiger partial charge in [0.25, 0.3) is 0 Å². The Morgan fingerprint density at radius 2 is 0.972 bits per heavy atom. The second-order valence-corrected chi connectivity index (χ2v) is 8.36. The fourth-order valence-electron chi connectivity index (χ4n) is 1.93. The third-order valence-corrected chi connectivity index (χ3v) is 3.89. The van der Waals surface area contributed by atoms with E-state index in [1.54, 1.807) is 13.8 Å². The molecule has 204 valence electrons. The Hall–Kier alpha value is -3.24. The zero-order chi connectivity index (χ0) is 28.1. The molecule has 0 N–H and O–H groups in total. The summed E-state index contributed by atoms with van der Waals surface area (Å²) in [7, 11) is 0. The Bertz CT molecular complexity index is 715. The van der Waals surface area contributed by atoms with E-state index >= 15 is 0 Å². The lowest BCUT2D eigenvalue weighted by molar-refractivity contribution is -0.148. The smallest absolute Gasteiger partial charge is 0.330 e. The van der Waals surface area contributed by atoms with Crippen LogP contribution < -0.4 is 0 Å². The molecule has 0 heterocycles. The van der Waals surface area contributed by atoms with Crippen LogP contribution in [0.4, 0.5) is 0 Å². The Morgan fingerprint density at radius 1 is 0.611 bits per heavy atom. The van der Waals surface area contributed by atoms with Crippen molar-refractivity contribution in [3.63, 3.8) is 0 Å². The van der Waals surface area contributed by atoms with Gasteiger partial charge in [0.2, 0.25) is 0 Å². The van der Waals surface area contributed by atoms with Gasteiger partial charge in [-0.15, -0.1) is 0 Å². The molecule has 0 fully saturated rings. The largest absolute Gasteiger partial charge is 0.462 e.